The van der Waals surface area contributed by atoms with E-state index in [0.29, 0.717) is 31.9 Å². The summed E-state index contributed by atoms with van der Waals surface area (Å²) >= 11 is 0. The summed E-state index contributed by atoms with van der Waals surface area (Å²) in [6.45, 7) is 3.07. The predicted molar refractivity (Wildman–Crippen MR) is 86.8 cm³/mol. The molecule has 128 valence electrons. The Kier molecular flexibility index (Phi) is 4.87. The van der Waals surface area contributed by atoms with Gasteiger partial charge in [0.05, 0.1) is 31.1 Å². The number of hydrogen-bond donors (Lipinski definition) is 2. The van der Waals surface area contributed by atoms with Crippen LogP contribution in [0.2, 0.25) is 0 Å². The minimum atomic E-state index is -0.812. The number of carbonyl (C=O) groups excluding carboxylic acids is 1. The van der Waals surface area contributed by atoms with Gasteiger partial charge in [0.15, 0.2) is 0 Å². The summed E-state index contributed by atoms with van der Waals surface area (Å²) in [7, 11) is 0. The third-order valence-electron chi connectivity index (χ3n) is 4.24. The van der Waals surface area contributed by atoms with Gasteiger partial charge in [0, 0.05) is 13.0 Å². The standard InChI is InChI=1S/C18H21NO5/c1-12-4-5-15(20)14(9-12)18(22)19-6-8-23-11-13(19)10-16(21)17-3-2-7-24-17/h2-5,7,9,13,16,20-21H,6,8,10-11H2,1H3. The first kappa shape index (κ1) is 16.5. The number of rotatable bonds is 4. The molecule has 1 aliphatic heterocycles. The molecule has 3 rings (SSSR count). The van der Waals surface area contributed by atoms with Gasteiger partial charge >= 0.3 is 0 Å². The largest absolute Gasteiger partial charge is 0.507 e. The van der Waals surface area contributed by atoms with Crippen molar-refractivity contribution in [3.8, 4) is 5.75 Å². The number of nitrogens with zero attached hydrogens (tertiary/aromatic N) is 1. The molecule has 0 spiro atoms. The Balaban J connectivity index is 1.79. The lowest BCUT2D eigenvalue weighted by molar-refractivity contribution is -0.0196. The average Bonchev–Trinajstić information content (AvgIpc) is 3.12. The van der Waals surface area contributed by atoms with E-state index in [4.69, 9.17) is 9.15 Å². The van der Waals surface area contributed by atoms with Gasteiger partial charge in [0.1, 0.15) is 17.6 Å². The number of furan rings is 1. The third kappa shape index (κ3) is 3.44. The first-order valence-corrected chi connectivity index (χ1v) is 7.96. The number of amides is 1. The van der Waals surface area contributed by atoms with E-state index in [1.165, 1.54) is 12.3 Å². The summed E-state index contributed by atoms with van der Waals surface area (Å²) < 4.78 is 10.7. The monoisotopic (exact) mass is 331 g/mol. The second-order valence-electron chi connectivity index (χ2n) is 6.01. The van der Waals surface area contributed by atoms with Crippen molar-refractivity contribution >= 4 is 5.91 Å². The van der Waals surface area contributed by atoms with E-state index in [1.54, 1.807) is 29.2 Å². The highest BCUT2D eigenvalue weighted by atomic mass is 16.5. The van der Waals surface area contributed by atoms with Gasteiger partial charge in [-0.2, -0.15) is 0 Å². The highest BCUT2D eigenvalue weighted by Gasteiger charge is 2.31. The van der Waals surface area contributed by atoms with Crippen LogP contribution in [0.4, 0.5) is 0 Å². The van der Waals surface area contributed by atoms with Gasteiger partial charge in [0.25, 0.3) is 5.91 Å². The van der Waals surface area contributed by atoms with Gasteiger partial charge in [-0.25, -0.2) is 0 Å². The van der Waals surface area contributed by atoms with Crippen molar-refractivity contribution in [3.63, 3.8) is 0 Å². The Morgan fingerprint density at radius 3 is 3.00 bits per heavy atom. The van der Waals surface area contributed by atoms with E-state index >= 15 is 0 Å². The van der Waals surface area contributed by atoms with Crippen molar-refractivity contribution in [2.45, 2.75) is 25.5 Å². The molecule has 2 atom stereocenters. The molecule has 2 aromatic rings. The lowest BCUT2D eigenvalue weighted by Gasteiger charge is -2.36. The fourth-order valence-corrected chi connectivity index (χ4v) is 2.95. The summed E-state index contributed by atoms with van der Waals surface area (Å²) in [5, 5.41) is 20.3. The van der Waals surface area contributed by atoms with Gasteiger partial charge in [0.2, 0.25) is 0 Å². The zero-order valence-electron chi connectivity index (χ0n) is 13.5. The molecule has 1 fully saturated rings. The van der Waals surface area contributed by atoms with Crippen LogP contribution < -0.4 is 0 Å². The number of aromatic hydroxyl groups is 1. The Morgan fingerprint density at radius 1 is 1.42 bits per heavy atom. The molecule has 6 nitrogen and oxygen atoms in total. The molecule has 2 unspecified atom stereocenters. The summed E-state index contributed by atoms with van der Waals surface area (Å²) in [6, 6.07) is 8.08. The molecule has 0 aliphatic carbocycles. The lowest BCUT2D eigenvalue weighted by atomic mass is 10.0. The number of benzene rings is 1. The highest BCUT2D eigenvalue weighted by molar-refractivity contribution is 5.97. The third-order valence-corrected chi connectivity index (χ3v) is 4.24. The Morgan fingerprint density at radius 2 is 2.25 bits per heavy atom. The number of morpholine rings is 1. The molecule has 2 heterocycles. The molecule has 1 aliphatic rings. The number of phenolic OH excluding ortho intramolecular Hbond substituents is 1. The first-order valence-electron chi connectivity index (χ1n) is 7.96. The molecule has 0 radical (unpaired) electrons. The van der Waals surface area contributed by atoms with Crippen LogP contribution in [0, 0.1) is 6.92 Å². The smallest absolute Gasteiger partial charge is 0.258 e. The van der Waals surface area contributed by atoms with E-state index in [2.05, 4.69) is 0 Å². The normalized spacial score (nSPS) is 19.2. The van der Waals surface area contributed by atoms with E-state index in [-0.39, 0.29) is 23.3 Å². The Bertz CT molecular complexity index is 697. The number of aliphatic hydroxyl groups excluding tert-OH is 1. The van der Waals surface area contributed by atoms with Gasteiger partial charge in [-0.05, 0) is 31.2 Å². The maximum atomic E-state index is 12.9. The van der Waals surface area contributed by atoms with Crippen LogP contribution in [0.25, 0.3) is 0 Å². The topological polar surface area (TPSA) is 83.1 Å². The van der Waals surface area contributed by atoms with Crippen LogP contribution in [0.15, 0.2) is 41.0 Å². The molecule has 2 N–H and O–H groups in total. The average molecular weight is 331 g/mol. The highest BCUT2D eigenvalue weighted by Crippen LogP contribution is 2.26. The van der Waals surface area contributed by atoms with Crippen LogP contribution in [-0.4, -0.2) is 46.8 Å². The molecule has 0 saturated carbocycles. The number of aliphatic hydroxyl groups is 1. The van der Waals surface area contributed by atoms with Crippen LogP contribution in [-0.2, 0) is 4.74 Å². The number of hydrogen-bond acceptors (Lipinski definition) is 5. The van der Waals surface area contributed by atoms with E-state index < -0.39 is 6.10 Å². The minimum Gasteiger partial charge on any atom is -0.507 e. The van der Waals surface area contributed by atoms with E-state index in [9.17, 15) is 15.0 Å². The number of ether oxygens (including phenoxy) is 1. The first-order chi connectivity index (χ1) is 11.6. The Hall–Kier alpha value is -2.31. The second-order valence-corrected chi connectivity index (χ2v) is 6.01. The number of aryl methyl sites for hydroxylation is 1. The van der Waals surface area contributed by atoms with Crippen molar-refractivity contribution in [3.05, 3.63) is 53.5 Å². The summed E-state index contributed by atoms with van der Waals surface area (Å²) in [6.07, 6.45) is 1.00. The zero-order valence-corrected chi connectivity index (χ0v) is 13.5. The maximum Gasteiger partial charge on any atom is 0.258 e. The van der Waals surface area contributed by atoms with Crippen molar-refractivity contribution in [1.29, 1.82) is 0 Å². The lowest BCUT2D eigenvalue weighted by Crippen LogP contribution is -2.49. The quantitative estimate of drug-likeness (QED) is 0.898. The molecule has 1 amide bonds. The van der Waals surface area contributed by atoms with Crippen molar-refractivity contribution in [2.75, 3.05) is 19.8 Å². The molecule has 1 aromatic heterocycles. The number of phenols is 1. The predicted octanol–water partition coefficient (Wildman–Crippen LogP) is 2.26. The molecule has 1 aromatic carbocycles. The summed E-state index contributed by atoms with van der Waals surface area (Å²) in [5.41, 5.74) is 1.17. The van der Waals surface area contributed by atoms with Crippen LogP contribution in [0.1, 0.15) is 34.2 Å². The summed E-state index contributed by atoms with van der Waals surface area (Å²) in [4.78, 5) is 14.5. The summed E-state index contributed by atoms with van der Waals surface area (Å²) in [5.74, 6) is 0.171. The number of carbonyl (C=O) groups is 1. The van der Waals surface area contributed by atoms with Crippen LogP contribution in [0.5, 0.6) is 5.75 Å². The fourth-order valence-electron chi connectivity index (χ4n) is 2.95. The molecule has 1 saturated heterocycles. The van der Waals surface area contributed by atoms with Crippen molar-refractivity contribution < 1.29 is 24.2 Å². The minimum absolute atomic E-state index is 0.0394. The van der Waals surface area contributed by atoms with Gasteiger partial charge in [-0.3, -0.25) is 4.79 Å². The van der Waals surface area contributed by atoms with Crippen molar-refractivity contribution in [2.24, 2.45) is 0 Å². The molecular formula is C18H21NO5. The SMILES string of the molecule is Cc1ccc(O)c(C(=O)N2CCOCC2CC(O)c2ccco2)c1. The zero-order chi connectivity index (χ0) is 17.1. The molecule has 24 heavy (non-hydrogen) atoms. The molecule has 0 bridgehead atoms. The van der Waals surface area contributed by atoms with Crippen LogP contribution >= 0.6 is 0 Å². The van der Waals surface area contributed by atoms with Gasteiger partial charge in [-0.15, -0.1) is 0 Å². The van der Waals surface area contributed by atoms with Crippen molar-refractivity contribution in [1.82, 2.24) is 4.90 Å². The molecule has 6 heteroatoms. The van der Waals surface area contributed by atoms with Gasteiger partial charge in [-0.1, -0.05) is 11.6 Å². The Labute approximate surface area is 140 Å². The van der Waals surface area contributed by atoms with Gasteiger partial charge < -0.3 is 24.3 Å². The fraction of sp³-hybridized carbons (Fsp3) is 0.389. The van der Waals surface area contributed by atoms with Crippen LogP contribution in [0.3, 0.4) is 0 Å². The maximum absolute atomic E-state index is 12.9. The second kappa shape index (κ2) is 7.07. The molecular weight excluding hydrogens is 310 g/mol. The van der Waals surface area contributed by atoms with E-state index in [1.807, 2.05) is 6.92 Å². The van der Waals surface area contributed by atoms with E-state index in [0.717, 1.165) is 5.56 Å².